The zero-order valence-corrected chi connectivity index (χ0v) is 12.2. The molecule has 0 aliphatic carbocycles. The first-order valence-electron chi connectivity index (χ1n) is 7.15. The van der Waals surface area contributed by atoms with Gasteiger partial charge in [0.05, 0.1) is 18.9 Å². The molecule has 1 fully saturated rings. The highest BCUT2D eigenvalue weighted by atomic mass is 16.5. The number of rotatable bonds is 4. The maximum Gasteiger partial charge on any atom is 0.310 e. The lowest BCUT2D eigenvalue weighted by molar-refractivity contribution is -0.151. The maximum atomic E-state index is 12.3. The maximum absolute atomic E-state index is 12.3. The average Bonchev–Trinajstić information content (AvgIpc) is 2.84. The van der Waals surface area contributed by atoms with E-state index in [1.807, 2.05) is 30.1 Å². The summed E-state index contributed by atoms with van der Waals surface area (Å²) >= 11 is 0. The van der Waals surface area contributed by atoms with E-state index in [-0.39, 0.29) is 17.8 Å². The van der Waals surface area contributed by atoms with Crippen LogP contribution in [-0.2, 0) is 27.8 Å². The van der Waals surface area contributed by atoms with Crippen molar-refractivity contribution in [1.29, 1.82) is 0 Å². The number of likely N-dealkylation sites (tertiary alicyclic amines) is 1. The molecule has 5 nitrogen and oxygen atoms in total. The Labute approximate surface area is 119 Å². The van der Waals surface area contributed by atoms with E-state index in [2.05, 4.69) is 0 Å². The van der Waals surface area contributed by atoms with Crippen molar-refractivity contribution >= 4 is 11.9 Å². The minimum Gasteiger partial charge on any atom is -0.466 e. The predicted octanol–water partition coefficient (Wildman–Crippen LogP) is 1.37. The van der Waals surface area contributed by atoms with E-state index in [0.717, 1.165) is 24.9 Å². The summed E-state index contributed by atoms with van der Waals surface area (Å²) in [4.78, 5) is 25.8. The molecule has 1 saturated heterocycles. The topological polar surface area (TPSA) is 51.5 Å². The van der Waals surface area contributed by atoms with Crippen molar-refractivity contribution in [3.63, 3.8) is 0 Å². The molecule has 0 spiro atoms. The van der Waals surface area contributed by atoms with Crippen LogP contribution in [0.1, 0.15) is 25.3 Å². The summed E-state index contributed by atoms with van der Waals surface area (Å²) in [6.07, 6.45) is 5.96. The lowest BCUT2D eigenvalue weighted by Crippen LogP contribution is -2.43. The molecule has 1 aromatic rings. The van der Waals surface area contributed by atoms with Crippen molar-refractivity contribution in [3.05, 3.63) is 24.0 Å². The van der Waals surface area contributed by atoms with Crippen LogP contribution in [0.3, 0.4) is 0 Å². The number of aromatic nitrogens is 1. The Kier molecular flexibility index (Phi) is 4.82. The van der Waals surface area contributed by atoms with Crippen LogP contribution < -0.4 is 0 Å². The quantitative estimate of drug-likeness (QED) is 0.782. The number of esters is 1. The Bertz CT molecular complexity index is 481. The van der Waals surface area contributed by atoms with Crippen LogP contribution in [0.15, 0.2) is 18.5 Å². The number of aryl methyl sites for hydroxylation is 1. The van der Waals surface area contributed by atoms with Crippen LogP contribution in [0, 0.1) is 5.92 Å². The van der Waals surface area contributed by atoms with E-state index in [0.29, 0.717) is 19.6 Å². The first-order chi connectivity index (χ1) is 9.60. The van der Waals surface area contributed by atoms with Gasteiger partial charge in [-0.2, -0.15) is 0 Å². The third-order valence-electron chi connectivity index (χ3n) is 3.64. The number of nitrogens with zero attached hydrogens (tertiary/aromatic N) is 2. The van der Waals surface area contributed by atoms with E-state index >= 15 is 0 Å². The van der Waals surface area contributed by atoms with Gasteiger partial charge in [-0.25, -0.2) is 0 Å². The molecule has 2 heterocycles. The smallest absolute Gasteiger partial charge is 0.310 e. The number of amides is 1. The first kappa shape index (κ1) is 14.6. The number of ether oxygens (including phenoxy) is 1. The van der Waals surface area contributed by atoms with Gasteiger partial charge in [-0.1, -0.05) is 0 Å². The van der Waals surface area contributed by atoms with Crippen LogP contribution in [0.4, 0.5) is 0 Å². The number of hydrogen-bond acceptors (Lipinski definition) is 3. The summed E-state index contributed by atoms with van der Waals surface area (Å²) in [6, 6.07) is 1.95. The van der Waals surface area contributed by atoms with Gasteiger partial charge in [-0.15, -0.1) is 0 Å². The molecule has 0 saturated carbocycles. The molecule has 1 amide bonds. The van der Waals surface area contributed by atoms with Crippen LogP contribution in [0.25, 0.3) is 0 Å². The van der Waals surface area contributed by atoms with Crippen molar-refractivity contribution in [2.75, 3.05) is 19.7 Å². The molecule has 1 aliphatic rings. The van der Waals surface area contributed by atoms with Crippen LogP contribution >= 0.6 is 0 Å². The van der Waals surface area contributed by atoms with Gasteiger partial charge in [-0.05, 0) is 31.4 Å². The zero-order chi connectivity index (χ0) is 14.5. The molecule has 2 rings (SSSR count). The zero-order valence-electron chi connectivity index (χ0n) is 12.2. The number of carbonyl (C=O) groups excluding carboxylic acids is 2. The summed E-state index contributed by atoms with van der Waals surface area (Å²) in [7, 11) is 1.94. The molecule has 110 valence electrons. The van der Waals surface area contributed by atoms with Crippen molar-refractivity contribution in [2.45, 2.75) is 26.2 Å². The second-order valence-corrected chi connectivity index (χ2v) is 5.29. The Balaban J connectivity index is 1.91. The minimum atomic E-state index is -0.176. The normalized spacial score (nSPS) is 18.9. The molecule has 1 atom stereocenters. The largest absolute Gasteiger partial charge is 0.466 e. The molecule has 0 bridgehead atoms. The molecular formula is C15H22N2O3. The molecule has 0 radical (unpaired) electrons. The van der Waals surface area contributed by atoms with Crippen molar-refractivity contribution < 1.29 is 14.3 Å². The Morgan fingerprint density at radius 3 is 2.90 bits per heavy atom. The Morgan fingerprint density at radius 1 is 1.45 bits per heavy atom. The first-order valence-corrected chi connectivity index (χ1v) is 7.15. The molecule has 5 heteroatoms. The molecule has 1 aliphatic heterocycles. The highest BCUT2D eigenvalue weighted by Crippen LogP contribution is 2.19. The molecule has 1 aromatic heterocycles. The van der Waals surface area contributed by atoms with Gasteiger partial charge in [0.25, 0.3) is 0 Å². The SMILES string of the molecule is CCOC(=O)C1CCCN(C(=O)Cc2ccn(C)c2)C1. The van der Waals surface area contributed by atoms with Gasteiger partial charge in [0.15, 0.2) is 0 Å². The fourth-order valence-electron chi connectivity index (χ4n) is 2.61. The third kappa shape index (κ3) is 3.62. The summed E-state index contributed by atoms with van der Waals surface area (Å²) in [5, 5.41) is 0. The van der Waals surface area contributed by atoms with Gasteiger partial charge < -0.3 is 14.2 Å². The lowest BCUT2D eigenvalue weighted by atomic mass is 9.97. The Morgan fingerprint density at radius 2 is 2.25 bits per heavy atom. The molecule has 1 unspecified atom stereocenters. The fourth-order valence-corrected chi connectivity index (χ4v) is 2.61. The van der Waals surface area contributed by atoms with E-state index in [1.54, 1.807) is 11.8 Å². The van der Waals surface area contributed by atoms with Crippen molar-refractivity contribution in [2.24, 2.45) is 13.0 Å². The second-order valence-electron chi connectivity index (χ2n) is 5.29. The Hall–Kier alpha value is -1.78. The van der Waals surface area contributed by atoms with Gasteiger partial charge in [0.2, 0.25) is 5.91 Å². The van der Waals surface area contributed by atoms with Crippen molar-refractivity contribution in [3.8, 4) is 0 Å². The average molecular weight is 278 g/mol. The summed E-state index contributed by atoms with van der Waals surface area (Å²) in [6.45, 7) is 3.43. The minimum absolute atomic E-state index is 0.0881. The monoisotopic (exact) mass is 278 g/mol. The summed E-state index contributed by atoms with van der Waals surface area (Å²) < 4.78 is 6.98. The van der Waals surface area contributed by atoms with Crippen molar-refractivity contribution in [1.82, 2.24) is 9.47 Å². The fraction of sp³-hybridized carbons (Fsp3) is 0.600. The molecule has 0 aromatic carbocycles. The highest BCUT2D eigenvalue weighted by Gasteiger charge is 2.29. The number of carbonyl (C=O) groups is 2. The van der Waals surface area contributed by atoms with E-state index in [4.69, 9.17) is 4.74 Å². The van der Waals surface area contributed by atoms with Gasteiger partial charge in [0.1, 0.15) is 0 Å². The van der Waals surface area contributed by atoms with E-state index < -0.39 is 0 Å². The predicted molar refractivity (Wildman–Crippen MR) is 75.1 cm³/mol. The van der Waals surface area contributed by atoms with Crippen LogP contribution in [0.2, 0.25) is 0 Å². The second kappa shape index (κ2) is 6.59. The molecule has 20 heavy (non-hydrogen) atoms. The standard InChI is InChI=1S/C15H22N2O3/c1-3-20-15(19)13-5-4-7-17(11-13)14(18)9-12-6-8-16(2)10-12/h6,8,10,13H,3-5,7,9,11H2,1-2H3. The van der Waals surface area contributed by atoms with Gasteiger partial charge in [0, 0.05) is 32.5 Å². The van der Waals surface area contributed by atoms with Crippen LogP contribution in [0.5, 0.6) is 0 Å². The van der Waals surface area contributed by atoms with E-state index in [9.17, 15) is 9.59 Å². The van der Waals surface area contributed by atoms with E-state index in [1.165, 1.54) is 0 Å². The summed E-state index contributed by atoms with van der Waals surface area (Å²) in [5.74, 6) is -0.252. The van der Waals surface area contributed by atoms with Gasteiger partial charge in [-0.3, -0.25) is 9.59 Å². The van der Waals surface area contributed by atoms with Crippen LogP contribution in [-0.4, -0.2) is 41.0 Å². The third-order valence-corrected chi connectivity index (χ3v) is 3.64. The number of hydrogen-bond donors (Lipinski definition) is 0. The number of piperidine rings is 1. The summed E-state index contributed by atoms with van der Waals surface area (Å²) in [5.41, 5.74) is 1.01. The van der Waals surface area contributed by atoms with Gasteiger partial charge >= 0.3 is 5.97 Å². The molecule has 0 N–H and O–H groups in total. The lowest BCUT2D eigenvalue weighted by Gasteiger charge is -2.31. The molecular weight excluding hydrogens is 256 g/mol. The highest BCUT2D eigenvalue weighted by molar-refractivity contribution is 5.80.